The van der Waals surface area contributed by atoms with Crippen LogP contribution in [0.25, 0.3) is 0 Å². The third kappa shape index (κ3) is 8.58. The first-order chi connectivity index (χ1) is 11.2. The number of nitrogens with one attached hydrogen (secondary N) is 2. The van der Waals surface area contributed by atoms with Crippen LogP contribution in [0.15, 0.2) is 23.2 Å². The second-order valence-electron chi connectivity index (χ2n) is 4.85. The van der Waals surface area contributed by atoms with Crippen LogP contribution in [-0.4, -0.2) is 46.5 Å². The lowest BCUT2D eigenvalue weighted by Gasteiger charge is -2.12. The van der Waals surface area contributed by atoms with Crippen molar-refractivity contribution in [2.45, 2.75) is 26.8 Å². The maximum absolute atomic E-state index is 5.40. The predicted molar refractivity (Wildman–Crippen MR) is 109 cm³/mol. The quantitative estimate of drug-likeness (QED) is 0.248. The molecule has 0 spiro atoms. The van der Waals surface area contributed by atoms with E-state index in [4.69, 9.17) is 14.2 Å². The number of rotatable bonds is 10. The topological polar surface area (TPSA) is 64.1 Å². The second kappa shape index (κ2) is 14.2. The number of methoxy groups -OCH3 is 2. The van der Waals surface area contributed by atoms with Gasteiger partial charge in [0.1, 0.15) is 11.5 Å². The van der Waals surface area contributed by atoms with Crippen molar-refractivity contribution in [2.75, 3.05) is 40.5 Å². The maximum Gasteiger partial charge on any atom is 0.191 e. The van der Waals surface area contributed by atoms with E-state index in [9.17, 15) is 0 Å². The number of halogens is 1. The predicted octanol–water partition coefficient (Wildman–Crippen LogP) is 2.80. The molecule has 0 heterocycles. The lowest BCUT2D eigenvalue weighted by atomic mass is 10.2. The molecule has 138 valence electrons. The molecule has 0 aliphatic carbocycles. The molecule has 6 nitrogen and oxygen atoms in total. The van der Waals surface area contributed by atoms with E-state index in [2.05, 4.69) is 15.6 Å². The normalized spacial score (nSPS) is 10.8. The third-order valence-corrected chi connectivity index (χ3v) is 3.21. The molecule has 0 aromatic heterocycles. The monoisotopic (exact) mass is 451 g/mol. The molecule has 24 heavy (non-hydrogen) atoms. The van der Waals surface area contributed by atoms with Gasteiger partial charge in [0, 0.05) is 37.9 Å². The zero-order valence-corrected chi connectivity index (χ0v) is 17.4. The molecule has 0 aliphatic rings. The molecule has 2 N–H and O–H groups in total. The Morgan fingerprint density at radius 3 is 2.54 bits per heavy atom. The molecule has 1 aromatic rings. The van der Waals surface area contributed by atoms with Gasteiger partial charge in [0.05, 0.1) is 20.8 Å². The van der Waals surface area contributed by atoms with E-state index in [1.165, 1.54) is 0 Å². The van der Waals surface area contributed by atoms with Crippen molar-refractivity contribution in [1.82, 2.24) is 10.6 Å². The first-order valence-corrected chi connectivity index (χ1v) is 8.05. The Balaban J connectivity index is 0.00000529. The van der Waals surface area contributed by atoms with Crippen molar-refractivity contribution in [3.8, 4) is 11.5 Å². The third-order valence-electron chi connectivity index (χ3n) is 3.21. The molecule has 0 radical (unpaired) electrons. The summed E-state index contributed by atoms with van der Waals surface area (Å²) in [7, 11) is 3.29. The van der Waals surface area contributed by atoms with Gasteiger partial charge in [0.25, 0.3) is 0 Å². The van der Waals surface area contributed by atoms with Gasteiger partial charge in [-0.05, 0) is 32.4 Å². The molecule has 0 unspecified atom stereocenters. The van der Waals surface area contributed by atoms with Crippen molar-refractivity contribution in [3.05, 3.63) is 23.8 Å². The van der Waals surface area contributed by atoms with Gasteiger partial charge in [0.15, 0.2) is 5.96 Å². The van der Waals surface area contributed by atoms with E-state index in [0.717, 1.165) is 55.7 Å². The summed E-state index contributed by atoms with van der Waals surface area (Å²) >= 11 is 0. The van der Waals surface area contributed by atoms with Crippen LogP contribution in [0.5, 0.6) is 11.5 Å². The average molecular weight is 451 g/mol. The Labute approximate surface area is 162 Å². The number of ether oxygens (including phenoxy) is 3. The van der Waals surface area contributed by atoms with E-state index in [0.29, 0.717) is 6.54 Å². The summed E-state index contributed by atoms with van der Waals surface area (Å²) in [5.74, 6) is 2.35. The Hall–Kier alpha value is -1.22. The van der Waals surface area contributed by atoms with E-state index in [-0.39, 0.29) is 24.0 Å². The standard InChI is InChI=1S/C17H29N3O3.HI/c1-5-18-17(19-10-7-11-23-6-2)20-13-14-8-9-15(21-3)12-16(14)22-4;/h8-9,12H,5-7,10-11,13H2,1-4H3,(H2,18,19,20);1H. The highest BCUT2D eigenvalue weighted by Gasteiger charge is 2.05. The fraction of sp³-hybridized carbons (Fsp3) is 0.588. The fourth-order valence-corrected chi connectivity index (χ4v) is 2.01. The van der Waals surface area contributed by atoms with Gasteiger partial charge >= 0.3 is 0 Å². The van der Waals surface area contributed by atoms with Crippen LogP contribution in [0.1, 0.15) is 25.8 Å². The van der Waals surface area contributed by atoms with E-state index in [1.54, 1.807) is 14.2 Å². The Bertz CT molecular complexity index is 484. The summed E-state index contributed by atoms with van der Waals surface area (Å²) < 4.78 is 15.9. The number of aliphatic imine (C=N–C) groups is 1. The minimum atomic E-state index is 0. The smallest absolute Gasteiger partial charge is 0.191 e. The van der Waals surface area contributed by atoms with Crippen molar-refractivity contribution < 1.29 is 14.2 Å². The van der Waals surface area contributed by atoms with Crippen molar-refractivity contribution >= 4 is 29.9 Å². The summed E-state index contributed by atoms with van der Waals surface area (Å²) in [6.07, 6.45) is 0.949. The summed E-state index contributed by atoms with van der Waals surface area (Å²) in [6.45, 7) is 7.74. The fourth-order valence-electron chi connectivity index (χ4n) is 2.01. The van der Waals surface area contributed by atoms with Crippen molar-refractivity contribution in [3.63, 3.8) is 0 Å². The van der Waals surface area contributed by atoms with Crippen LogP contribution in [0.4, 0.5) is 0 Å². The number of hydrogen-bond donors (Lipinski definition) is 2. The van der Waals surface area contributed by atoms with Crippen LogP contribution < -0.4 is 20.1 Å². The Morgan fingerprint density at radius 1 is 1.12 bits per heavy atom. The number of benzene rings is 1. The Morgan fingerprint density at radius 2 is 1.92 bits per heavy atom. The highest BCUT2D eigenvalue weighted by molar-refractivity contribution is 14.0. The lowest BCUT2D eigenvalue weighted by molar-refractivity contribution is 0.145. The van der Waals surface area contributed by atoms with Crippen molar-refractivity contribution in [1.29, 1.82) is 0 Å². The van der Waals surface area contributed by atoms with Gasteiger partial charge in [-0.2, -0.15) is 0 Å². The van der Waals surface area contributed by atoms with E-state index >= 15 is 0 Å². The number of hydrogen-bond acceptors (Lipinski definition) is 4. The molecular weight excluding hydrogens is 421 g/mol. The zero-order chi connectivity index (χ0) is 16.9. The summed E-state index contributed by atoms with van der Waals surface area (Å²) in [5.41, 5.74) is 1.01. The summed E-state index contributed by atoms with van der Waals surface area (Å²) in [5, 5.41) is 6.54. The average Bonchev–Trinajstić information content (AvgIpc) is 2.59. The highest BCUT2D eigenvalue weighted by Crippen LogP contribution is 2.25. The Kier molecular flexibility index (Phi) is 13.4. The van der Waals surface area contributed by atoms with Gasteiger partial charge in [-0.1, -0.05) is 0 Å². The molecule has 0 aliphatic heterocycles. The van der Waals surface area contributed by atoms with E-state index < -0.39 is 0 Å². The molecule has 7 heteroatoms. The van der Waals surface area contributed by atoms with E-state index in [1.807, 2.05) is 32.0 Å². The van der Waals surface area contributed by atoms with Crippen LogP contribution in [0.3, 0.4) is 0 Å². The van der Waals surface area contributed by atoms with Crippen LogP contribution in [0, 0.1) is 0 Å². The molecule has 1 aromatic carbocycles. The molecule has 0 atom stereocenters. The van der Waals surface area contributed by atoms with Gasteiger partial charge in [-0.25, -0.2) is 4.99 Å². The van der Waals surface area contributed by atoms with Crippen LogP contribution in [0.2, 0.25) is 0 Å². The molecule has 0 fully saturated rings. The lowest BCUT2D eigenvalue weighted by Crippen LogP contribution is -2.38. The van der Waals surface area contributed by atoms with Gasteiger partial charge in [-0.3, -0.25) is 0 Å². The molecule has 0 amide bonds. The van der Waals surface area contributed by atoms with Crippen LogP contribution in [-0.2, 0) is 11.3 Å². The molecule has 0 saturated heterocycles. The number of nitrogens with zero attached hydrogens (tertiary/aromatic N) is 1. The van der Waals surface area contributed by atoms with Gasteiger partial charge in [-0.15, -0.1) is 24.0 Å². The summed E-state index contributed by atoms with van der Waals surface area (Å²) in [4.78, 5) is 4.60. The molecule has 1 rings (SSSR count). The summed E-state index contributed by atoms with van der Waals surface area (Å²) in [6, 6.07) is 5.75. The molecule has 0 saturated carbocycles. The highest BCUT2D eigenvalue weighted by atomic mass is 127. The van der Waals surface area contributed by atoms with Crippen LogP contribution >= 0.6 is 24.0 Å². The largest absolute Gasteiger partial charge is 0.497 e. The first-order valence-electron chi connectivity index (χ1n) is 8.05. The van der Waals surface area contributed by atoms with Gasteiger partial charge in [0.2, 0.25) is 0 Å². The SMILES string of the molecule is CCNC(=NCc1ccc(OC)cc1OC)NCCCOCC.I. The minimum Gasteiger partial charge on any atom is -0.497 e. The molecule has 0 bridgehead atoms. The minimum absolute atomic E-state index is 0. The number of guanidine groups is 1. The first kappa shape index (κ1) is 22.8. The molecular formula is C17H30IN3O3. The zero-order valence-electron chi connectivity index (χ0n) is 15.1. The van der Waals surface area contributed by atoms with Gasteiger partial charge < -0.3 is 24.8 Å². The van der Waals surface area contributed by atoms with Crippen molar-refractivity contribution in [2.24, 2.45) is 4.99 Å². The maximum atomic E-state index is 5.40. The second-order valence-corrected chi connectivity index (χ2v) is 4.85.